The van der Waals surface area contributed by atoms with Crippen LogP contribution in [-0.2, 0) is 9.53 Å². The summed E-state index contributed by atoms with van der Waals surface area (Å²) < 4.78 is 17.1. The number of thioether (sulfide) groups is 1. The molecule has 0 unspecified atom stereocenters. The first-order chi connectivity index (χ1) is 18.4. The van der Waals surface area contributed by atoms with Crippen LogP contribution in [0, 0.1) is 0 Å². The molecule has 1 aromatic heterocycles. The van der Waals surface area contributed by atoms with Crippen LogP contribution in [0.5, 0.6) is 11.5 Å². The number of carbonyl (C=O) groups excluding carboxylic acids is 3. The summed E-state index contributed by atoms with van der Waals surface area (Å²) in [7, 11) is 3.05. The van der Waals surface area contributed by atoms with Gasteiger partial charge in [0.2, 0.25) is 5.91 Å². The molecule has 4 rings (SSSR count). The van der Waals surface area contributed by atoms with E-state index >= 15 is 0 Å². The van der Waals surface area contributed by atoms with Crippen LogP contribution in [0.2, 0.25) is 0 Å². The summed E-state index contributed by atoms with van der Waals surface area (Å²) >= 11 is 2.76. The molecule has 11 heteroatoms. The van der Waals surface area contributed by atoms with Gasteiger partial charge in [-0.1, -0.05) is 11.8 Å². The van der Waals surface area contributed by atoms with E-state index in [0.717, 1.165) is 14.6 Å². The second-order valence-corrected chi connectivity index (χ2v) is 10.1. The standard InChI is InChI=1S/C27H25N3O6S2/c1-4-36-26(33)16-5-8-18(9-6-16)28-24(31)15-37-27-30-20-11-10-19(14-23(20)38-27)29-25(32)17-7-12-21(34-2)22(13-17)35-3/h5-14H,4,15H2,1-3H3,(H,28,31)(H,29,32). The number of carbonyl (C=O) groups is 3. The molecular weight excluding hydrogens is 526 g/mol. The number of fused-ring (bicyclic) bond motifs is 1. The molecule has 0 atom stereocenters. The Hall–Kier alpha value is -4.09. The van der Waals surface area contributed by atoms with Gasteiger partial charge < -0.3 is 24.8 Å². The number of amides is 2. The molecule has 0 aliphatic rings. The minimum Gasteiger partial charge on any atom is -0.493 e. The third-order valence-corrected chi connectivity index (χ3v) is 7.44. The Morgan fingerprint density at radius 2 is 1.58 bits per heavy atom. The van der Waals surface area contributed by atoms with E-state index in [-0.39, 0.29) is 17.6 Å². The Morgan fingerprint density at radius 1 is 0.868 bits per heavy atom. The normalized spacial score (nSPS) is 10.6. The maximum Gasteiger partial charge on any atom is 0.338 e. The second kappa shape index (κ2) is 12.4. The van der Waals surface area contributed by atoms with E-state index in [1.165, 1.54) is 37.3 Å². The minimum absolute atomic E-state index is 0.169. The van der Waals surface area contributed by atoms with E-state index in [2.05, 4.69) is 15.6 Å². The van der Waals surface area contributed by atoms with Crippen LogP contribution in [0.1, 0.15) is 27.6 Å². The van der Waals surface area contributed by atoms with Crippen molar-refractivity contribution in [3.8, 4) is 11.5 Å². The molecule has 0 aliphatic heterocycles. The van der Waals surface area contributed by atoms with Crippen molar-refractivity contribution in [1.29, 1.82) is 0 Å². The van der Waals surface area contributed by atoms with Gasteiger partial charge >= 0.3 is 5.97 Å². The van der Waals surface area contributed by atoms with Gasteiger partial charge in [-0.25, -0.2) is 9.78 Å². The number of nitrogens with one attached hydrogen (secondary N) is 2. The number of rotatable bonds is 10. The molecule has 9 nitrogen and oxygen atoms in total. The summed E-state index contributed by atoms with van der Waals surface area (Å²) in [5, 5.41) is 5.69. The highest BCUT2D eigenvalue weighted by Crippen LogP contribution is 2.32. The number of anilines is 2. The molecule has 0 radical (unpaired) electrons. The molecule has 38 heavy (non-hydrogen) atoms. The number of hydrogen-bond acceptors (Lipinski definition) is 9. The van der Waals surface area contributed by atoms with E-state index in [1.807, 2.05) is 12.1 Å². The minimum atomic E-state index is -0.402. The summed E-state index contributed by atoms with van der Waals surface area (Å²) in [4.78, 5) is 41.5. The van der Waals surface area contributed by atoms with Gasteiger partial charge in [0.05, 0.1) is 42.4 Å². The number of ether oxygens (including phenoxy) is 3. The van der Waals surface area contributed by atoms with Crippen molar-refractivity contribution in [2.75, 3.05) is 37.2 Å². The number of methoxy groups -OCH3 is 2. The van der Waals surface area contributed by atoms with Crippen molar-refractivity contribution in [2.24, 2.45) is 0 Å². The average molecular weight is 552 g/mol. The molecular formula is C27H25N3O6S2. The first kappa shape index (κ1) is 27.0. The number of hydrogen-bond donors (Lipinski definition) is 2. The maximum absolute atomic E-state index is 12.7. The Bertz CT molecular complexity index is 1470. The summed E-state index contributed by atoms with van der Waals surface area (Å²) in [5.41, 5.74) is 2.85. The highest BCUT2D eigenvalue weighted by molar-refractivity contribution is 8.01. The number of benzene rings is 3. The average Bonchev–Trinajstić information content (AvgIpc) is 3.34. The molecule has 0 saturated carbocycles. The lowest BCUT2D eigenvalue weighted by Gasteiger charge is -2.10. The quantitative estimate of drug-likeness (QED) is 0.197. The molecule has 1 heterocycles. The van der Waals surface area contributed by atoms with Gasteiger partial charge in [-0.05, 0) is 67.6 Å². The van der Waals surface area contributed by atoms with Crippen molar-refractivity contribution in [3.05, 3.63) is 71.8 Å². The van der Waals surface area contributed by atoms with Gasteiger partial charge in [0.15, 0.2) is 15.8 Å². The number of thiazole rings is 1. The van der Waals surface area contributed by atoms with Gasteiger partial charge in [-0.3, -0.25) is 9.59 Å². The monoisotopic (exact) mass is 551 g/mol. The van der Waals surface area contributed by atoms with Crippen LogP contribution in [0.3, 0.4) is 0 Å². The highest BCUT2D eigenvalue weighted by atomic mass is 32.2. The van der Waals surface area contributed by atoms with Crippen molar-refractivity contribution in [1.82, 2.24) is 4.98 Å². The fourth-order valence-corrected chi connectivity index (χ4v) is 5.36. The topological polar surface area (TPSA) is 116 Å². The summed E-state index contributed by atoms with van der Waals surface area (Å²) in [5.74, 6) is 0.304. The zero-order chi connectivity index (χ0) is 27.1. The smallest absolute Gasteiger partial charge is 0.338 e. The highest BCUT2D eigenvalue weighted by Gasteiger charge is 2.13. The molecule has 0 saturated heterocycles. The van der Waals surface area contributed by atoms with E-state index in [0.29, 0.717) is 40.6 Å². The van der Waals surface area contributed by atoms with Crippen molar-refractivity contribution in [3.63, 3.8) is 0 Å². The molecule has 4 aromatic rings. The summed E-state index contributed by atoms with van der Waals surface area (Å²) in [6.45, 7) is 2.05. The van der Waals surface area contributed by atoms with Crippen LogP contribution in [0.4, 0.5) is 11.4 Å². The largest absolute Gasteiger partial charge is 0.493 e. The molecule has 2 N–H and O–H groups in total. The van der Waals surface area contributed by atoms with Crippen molar-refractivity contribution in [2.45, 2.75) is 11.3 Å². The molecule has 2 amide bonds. The SMILES string of the molecule is CCOC(=O)c1ccc(NC(=O)CSc2nc3ccc(NC(=O)c4ccc(OC)c(OC)c4)cc3s2)cc1. The van der Waals surface area contributed by atoms with E-state index in [9.17, 15) is 14.4 Å². The third-order valence-electron chi connectivity index (χ3n) is 5.28. The maximum atomic E-state index is 12.7. The van der Waals surface area contributed by atoms with E-state index in [1.54, 1.807) is 55.5 Å². The van der Waals surface area contributed by atoms with Crippen LogP contribution in [0.25, 0.3) is 10.2 Å². The van der Waals surface area contributed by atoms with Crippen LogP contribution in [0.15, 0.2) is 65.0 Å². The van der Waals surface area contributed by atoms with Crippen molar-refractivity contribution >= 4 is 62.5 Å². The lowest BCUT2D eigenvalue weighted by molar-refractivity contribution is -0.113. The Labute approximate surface area is 227 Å². The third kappa shape index (κ3) is 6.61. The fraction of sp³-hybridized carbons (Fsp3) is 0.185. The Kier molecular flexibility index (Phi) is 8.82. The zero-order valence-corrected chi connectivity index (χ0v) is 22.5. The second-order valence-electron chi connectivity index (χ2n) is 7.82. The lowest BCUT2D eigenvalue weighted by Crippen LogP contribution is -2.14. The molecule has 3 aromatic carbocycles. The summed E-state index contributed by atoms with van der Waals surface area (Å²) in [6.07, 6.45) is 0. The first-order valence-corrected chi connectivity index (χ1v) is 13.3. The van der Waals surface area contributed by atoms with E-state index < -0.39 is 5.97 Å². The van der Waals surface area contributed by atoms with Gasteiger partial charge in [-0.2, -0.15) is 0 Å². The summed E-state index contributed by atoms with van der Waals surface area (Å²) in [6, 6.07) is 16.9. The predicted octanol–water partition coefficient (Wildman–Crippen LogP) is 5.47. The van der Waals surface area contributed by atoms with Gasteiger partial charge in [0.25, 0.3) is 5.91 Å². The number of aromatic nitrogens is 1. The Balaban J connectivity index is 1.34. The van der Waals surface area contributed by atoms with Crippen molar-refractivity contribution < 1.29 is 28.6 Å². The van der Waals surface area contributed by atoms with Crippen LogP contribution >= 0.6 is 23.1 Å². The predicted molar refractivity (Wildman–Crippen MR) is 149 cm³/mol. The van der Waals surface area contributed by atoms with Crippen LogP contribution < -0.4 is 20.1 Å². The van der Waals surface area contributed by atoms with Gasteiger partial charge in [0, 0.05) is 16.9 Å². The first-order valence-electron chi connectivity index (χ1n) is 11.5. The molecule has 0 bridgehead atoms. The number of nitrogens with zero attached hydrogens (tertiary/aromatic N) is 1. The van der Waals surface area contributed by atoms with Gasteiger partial charge in [0.1, 0.15) is 0 Å². The van der Waals surface area contributed by atoms with Gasteiger partial charge in [-0.15, -0.1) is 11.3 Å². The molecule has 0 spiro atoms. The zero-order valence-electron chi connectivity index (χ0n) is 20.9. The van der Waals surface area contributed by atoms with Crippen LogP contribution in [-0.4, -0.2) is 49.3 Å². The fourth-order valence-electron chi connectivity index (χ4n) is 3.45. The molecule has 196 valence electrons. The van der Waals surface area contributed by atoms with E-state index in [4.69, 9.17) is 14.2 Å². The molecule has 0 fully saturated rings. The Morgan fingerprint density at radius 3 is 2.29 bits per heavy atom. The molecule has 0 aliphatic carbocycles. The lowest BCUT2D eigenvalue weighted by atomic mass is 10.2. The number of esters is 1.